The molecule has 1 N–H and O–H groups in total. The predicted octanol–water partition coefficient (Wildman–Crippen LogP) is 4.03. The van der Waals surface area contributed by atoms with Crippen molar-refractivity contribution in [2.45, 2.75) is 33.3 Å². The summed E-state index contributed by atoms with van der Waals surface area (Å²) in [5.41, 5.74) is -1.06. The van der Waals surface area contributed by atoms with Gasteiger partial charge >= 0.3 is 0 Å². The van der Waals surface area contributed by atoms with E-state index in [4.69, 9.17) is 27.9 Å². The lowest BCUT2D eigenvalue weighted by molar-refractivity contribution is -0.134. The van der Waals surface area contributed by atoms with Crippen LogP contribution in [0, 0.1) is 0 Å². The number of hydrogen-bond donors (Lipinski definition) is 1. The molecular weight excluding hydrogens is 359 g/mol. The summed E-state index contributed by atoms with van der Waals surface area (Å²) in [7, 11) is 0. The Bertz CT molecular complexity index is 486. The van der Waals surface area contributed by atoms with Crippen LogP contribution in [-0.4, -0.2) is 42.6 Å². The van der Waals surface area contributed by atoms with Crippen molar-refractivity contribution < 1.29 is 9.53 Å². The van der Waals surface area contributed by atoms with E-state index in [9.17, 15) is 4.79 Å². The van der Waals surface area contributed by atoms with Crippen LogP contribution in [0.5, 0.6) is 5.75 Å². The number of carbonyl (C=O) groups excluding carboxylic acids is 1. The molecule has 1 aromatic carbocycles. The number of hydrogen-bond acceptors (Lipinski definition) is 3. The van der Waals surface area contributed by atoms with Crippen molar-refractivity contribution in [1.29, 1.82) is 0 Å². The summed E-state index contributed by atoms with van der Waals surface area (Å²) in [6, 6.07) is 5.09. The normalized spacial score (nSPS) is 11.1. The van der Waals surface area contributed by atoms with E-state index >= 15 is 0 Å². The van der Waals surface area contributed by atoms with Crippen LogP contribution in [0.25, 0.3) is 0 Å². The van der Waals surface area contributed by atoms with E-state index in [0.29, 0.717) is 22.3 Å². The van der Waals surface area contributed by atoms with Gasteiger partial charge in [-0.05, 0) is 39.1 Å². The molecule has 0 bridgehead atoms. The number of carbonyl (C=O) groups is 1. The van der Waals surface area contributed by atoms with Crippen LogP contribution in [0.3, 0.4) is 0 Å². The number of halogens is 3. The molecule has 1 amide bonds. The Morgan fingerprint density at radius 2 is 1.74 bits per heavy atom. The van der Waals surface area contributed by atoms with Gasteiger partial charge in [-0.1, -0.05) is 43.1 Å². The second-order valence-corrected chi connectivity index (χ2v) is 6.26. The third-order valence-corrected chi connectivity index (χ3v) is 4.03. The van der Waals surface area contributed by atoms with E-state index in [-0.39, 0.29) is 18.3 Å². The van der Waals surface area contributed by atoms with Crippen molar-refractivity contribution in [2.75, 3.05) is 26.2 Å². The first kappa shape index (κ1) is 22.3. The van der Waals surface area contributed by atoms with E-state index < -0.39 is 5.60 Å². The van der Waals surface area contributed by atoms with Gasteiger partial charge in [-0.2, -0.15) is 0 Å². The fourth-order valence-electron chi connectivity index (χ4n) is 1.96. The molecule has 0 radical (unpaired) electrons. The van der Waals surface area contributed by atoms with Gasteiger partial charge in [0, 0.05) is 13.1 Å². The average Bonchev–Trinajstić information content (AvgIpc) is 2.47. The molecule has 0 saturated heterocycles. The molecule has 132 valence electrons. The Labute approximate surface area is 154 Å². The molecule has 0 aromatic heterocycles. The van der Waals surface area contributed by atoms with Crippen LogP contribution < -0.4 is 10.1 Å². The molecule has 0 atom stereocenters. The molecule has 0 heterocycles. The van der Waals surface area contributed by atoms with Crippen molar-refractivity contribution in [3.05, 3.63) is 28.2 Å². The molecule has 0 unspecified atom stereocenters. The first-order valence-corrected chi connectivity index (χ1v) is 8.21. The minimum absolute atomic E-state index is 0. The smallest absolute Gasteiger partial charge is 0.263 e. The molecule has 0 aliphatic rings. The lowest BCUT2D eigenvalue weighted by atomic mass is 10.1. The highest BCUT2D eigenvalue weighted by atomic mass is 35.5. The zero-order chi connectivity index (χ0) is 16.8. The number of para-hydroxylation sites is 1. The SMILES string of the molecule is CCN(CC)CCNC(=O)C(C)(C)Oc1c(Cl)cccc1Cl.Cl. The monoisotopic (exact) mass is 382 g/mol. The molecule has 0 fully saturated rings. The van der Waals surface area contributed by atoms with Crippen molar-refractivity contribution >= 4 is 41.5 Å². The standard InChI is InChI=1S/C16H24Cl2N2O2.ClH/c1-5-20(6-2)11-10-19-15(21)16(3,4)22-14-12(17)8-7-9-13(14)18;/h7-9H,5-6,10-11H2,1-4H3,(H,19,21);1H. The highest BCUT2D eigenvalue weighted by molar-refractivity contribution is 6.37. The summed E-state index contributed by atoms with van der Waals surface area (Å²) in [6.45, 7) is 10.9. The highest BCUT2D eigenvalue weighted by Crippen LogP contribution is 2.34. The maximum atomic E-state index is 12.3. The molecule has 4 nitrogen and oxygen atoms in total. The van der Waals surface area contributed by atoms with E-state index in [2.05, 4.69) is 24.1 Å². The topological polar surface area (TPSA) is 41.6 Å². The number of benzene rings is 1. The maximum Gasteiger partial charge on any atom is 0.263 e. The van der Waals surface area contributed by atoms with Gasteiger partial charge in [0.2, 0.25) is 0 Å². The maximum absolute atomic E-state index is 12.3. The van der Waals surface area contributed by atoms with Gasteiger partial charge < -0.3 is 15.0 Å². The molecule has 0 saturated carbocycles. The van der Waals surface area contributed by atoms with Gasteiger partial charge in [-0.3, -0.25) is 4.79 Å². The molecule has 7 heteroatoms. The van der Waals surface area contributed by atoms with Crippen LogP contribution in [0.1, 0.15) is 27.7 Å². The fourth-order valence-corrected chi connectivity index (χ4v) is 2.44. The Balaban J connectivity index is 0.00000484. The summed E-state index contributed by atoms with van der Waals surface area (Å²) in [5, 5.41) is 3.66. The Morgan fingerprint density at radius 1 is 1.22 bits per heavy atom. The molecule has 0 aliphatic heterocycles. The number of ether oxygens (including phenoxy) is 1. The molecule has 23 heavy (non-hydrogen) atoms. The summed E-state index contributed by atoms with van der Waals surface area (Å²) < 4.78 is 5.75. The van der Waals surface area contributed by atoms with Crippen LogP contribution in [0.2, 0.25) is 10.0 Å². The summed E-state index contributed by atoms with van der Waals surface area (Å²) in [4.78, 5) is 14.5. The summed E-state index contributed by atoms with van der Waals surface area (Å²) in [5.74, 6) is 0.130. The van der Waals surface area contributed by atoms with E-state index in [1.807, 2.05) is 0 Å². The first-order valence-electron chi connectivity index (χ1n) is 7.45. The van der Waals surface area contributed by atoms with Crippen LogP contribution in [0.15, 0.2) is 18.2 Å². The Kier molecular flexibility index (Phi) is 9.94. The second-order valence-electron chi connectivity index (χ2n) is 5.45. The van der Waals surface area contributed by atoms with Gasteiger partial charge in [-0.25, -0.2) is 0 Å². The third kappa shape index (κ3) is 6.76. The lowest BCUT2D eigenvalue weighted by Gasteiger charge is -2.27. The second kappa shape index (κ2) is 10.2. The fraction of sp³-hybridized carbons (Fsp3) is 0.562. The highest BCUT2D eigenvalue weighted by Gasteiger charge is 2.31. The zero-order valence-electron chi connectivity index (χ0n) is 14.0. The van der Waals surface area contributed by atoms with Gasteiger partial charge in [0.1, 0.15) is 0 Å². The Morgan fingerprint density at radius 3 is 2.22 bits per heavy atom. The minimum atomic E-state index is -1.06. The molecule has 1 aromatic rings. The van der Waals surface area contributed by atoms with Crippen molar-refractivity contribution in [3.8, 4) is 5.75 Å². The van der Waals surface area contributed by atoms with E-state index in [1.165, 1.54) is 0 Å². The van der Waals surface area contributed by atoms with E-state index in [1.54, 1.807) is 32.0 Å². The van der Waals surface area contributed by atoms with Gasteiger partial charge in [0.05, 0.1) is 10.0 Å². The quantitative estimate of drug-likeness (QED) is 0.737. The number of rotatable bonds is 8. The van der Waals surface area contributed by atoms with Gasteiger partial charge in [0.25, 0.3) is 5.91 Å². The minimum Gasteiger partial charge on any atom is -0.475 e. The van der Waals surface area contributed by atoms with Crippen LogP contribution >= 0.6 is 35.6 Å². The lowest BCUT2D eigenvalue weighted by Crippen LogP contribution is -2.48. The Hall–Kier alpha value is -0.680. The van der Waals surface area contributed by atoms with Crippen molar-refractivity contribution in [1.82, 2.24) is 10.2 Å². The van der Waals surface area contributed by atoms with Crippen molar-refractivity contribution in [2.24, 2.45) is 0 Å². The predicted molar refractivity (Wildman–Crippen MR) is 99.2 cm³/mol. The van der Waals surface area contributed by atoms with Crippen LogP contribution in [-0.2, 0) is 4.79 Å². The van der Waals surface area contributed by atoms with Gasteiger partial charge in [-0.15, -0.1) is 12.4 Å². The number of likely N-dealkylation sites (N-methyl/N-ethyl adjacent to an activating group) is 1. The summed E-state index contributed by atoms with van der Waals surface area (Å²) >= 11 is 12.2. The molecule has 1 rings (SSSR count). The molecule has 0 spiro atoms. The summed E-state index contributed by atoms with van der Waals surface area (Å²) in [6.07, 6.45) is 0. The van der Waals surface area contributed by atoms with E-state index in [0.717, 1.165) is 19.6 Å². The first-order chi connectivity index (χ1) is 10.3. The molecular formula is C16H25Cl3N2O2. The van der Waals surface area contributed by atoms with Gasteiger partial charge in [0.15, 0.2) is 11.4 Å². The zero-order valence-corrected chi connectivity index (χ0v) is 16.3. The molecule has 0 aliphatic carbocycles. The van der Waals surface area contributed by atoms with Crippen LogP contribution in [0.4, 0.5) is 0 Å². The van der Waals surface area contributed by atoms with Crippen molar-refractivity contribution in [3.63, 3.8) is 0 Å². The third-order valence-electron chi connectivity index (χ3n) is 3.43. The number of amides is 1. The average molecular weight is 384 g/mol. The largest absolute Gasteiger partial charge is 0.475 e. The number of nitrogens with one attached hydrogen (secondary N) is 1. The number of nitrogens with zero attached hydrogens (tertiary/aromatic N) is 1.